The van der Waals surface area contributed by atoms with E-state index in [2.05, 4.69) is 31.1 Å². The van der Waals surface area contributed by atoms with Crippen molar-refractivity contribution >= 4 is 16.9 Å². The standard InChI is InChI=1S/C25H36N8O6/c1-14-8-17-18(9-15(14)2)33(25(38)22(28-17)24-29-30-31-32(24)3)11-19(34)23(37)20(35)12-39-13-21(36)27-10-16-6-4-5-7-26-16/h8-9,16,19-20,23,26,34-35,37H,4-7,10-13H2,1-3H3,(H,27,36)/t16?,19-,20+,23-/m0/s1. The Labute approximate surface area is 225 Å². The first kappa shape index (κ1) is 28.7. The maximum Gasteiger partial charge on any atom is 0.281 e. The van der Waals surface area contributed by atoms with Crippen LogP contribution in [0.25, 0.3) is 22.6 Å². The number of aliphatic hydroxyl groups excluding tert-OH is 3. The zero-order valence-electron chi connectivity index (χ0n) is 22.4. The number of nitrogens with zero attached hydrogens (tertiary/aromatic N) is 6. The Balaban J connectivity index is 1.42. The van der Waals surface area contributed by atoms with Crippen molar-refractivity contribution in [1.82, 2.24) is 40.4 Å². The fraction of sp³-hybridized carbons (Fsp3) is 0.600. The Hall–Kier alpha value is -3.30. The zero-order chi connectivity index (χ0) is 28.1. The second kappa shape index (κ2) is 12.7. The molecule has 1 saturated heterocycles. The predicted molar refractivity (Wildman–Crippen MR) is 141 cm³/mol. The van der Waals surface area contributed by atoms with E-state index in [0.29, 0.717) is 17.6 Å². The average molecular weight is 545 g/mol. The van der Waals surface area contributed by atoms with Crippen molar-refractivity contribution < 1.29 is 24.9 Å². The molecule has 5 N–H and O–H groups in total. The molecule has 2 aromatic heterocycles. The number of carbonyl (C=O) groups excluding carboxylic acids is 1. The number of aryl methyl sites for hydroxylation is 3. The summed E-state index contributed by atoms with van der Waals surface area (Å²) in [5.74, 6) is -0.189. The van der Waals surface area contributed by atoms with Gasteiger partial charge >= 0.3 is 0 Å². The van der Waals surface area contributed by atoms with E-state index in [0.717, 1.165) is 36.9 Å². The molecule has 4 rings (SSSR count). The average Bonchev–Trinajstić information content (AvgIpc) is 3.35. The number of piperidine rings is 1. The maximum absolute atomic E-state index is 13.4. The molecule has 1 aromatic carbocycles. The molecule has 3 aromatic rings. The zero-order valence-corrected chi connectivity index (χ0v) is 22.4. The van der Waals surface area contributed by atoms with Crippen molar-refractivity contribution in [2.45, 2.75) is 64.0 Å². The normalized spacial score (nSPS) is 18.2. The number of aromatic nitrogens is 6. The molecule has 1 unspecified atom stereocenters. The minimum absolute atomic E-state index is 0.0155. The van der Waals surface area contributed by atoms with Gasteiger partial charge in [-0.2, -0.15) is 0 Å². The molecule has 1 amide bonds. The van der Waals surface area contributed by atoms with Crippen LogP contribution in [0.15, 0.2) is 16.9 Å². The molecule has 212 valence electrons. The van der Waals surface area contributed by atoms with Crippen LogP contribution in [0.3, 0.4) is 0 Å². The van der Waals surface area contributed by atoms with Gasteiger partial charge in [-0.3, -0.25) is 9.59 Å². The minimum atomic E-state index is -1.65. The molecule has 3 heterocycles. The summed E-state index contributed by atoms with van der Waals surface area (Å²) in [4.78, 5) is 30.0. The van der Waals surface area contributed by atoms with E-state index in [1.807, 2.05) is 19.9 Å². The van der Waals surface area contributed by atoms with Gasteiger partial charge in [0.25, 0.3) is 5.56 Å². The Bertz CT molecular complexity index is 1350. The van der Waals surface area contributed by atoms with E-state index in [-0.39, 0.29) is 43.2 Å². The molecule has 1 aliphatic heterocycles. The summed E-state index contributed by atoms with van der Waals surface area (Å²) < 4.78 is 7.87. The van der Waals surface area contributed by atoms with Crippen molar-refractivity contribution in [3.63, 3.8) is 0 Å². The number of tetrazole rings is 1. The van der Waals surface area contributed by atoms with Crippen molar-refractivity contribution in [1.29, 1.82) is 0 Å². The maximum atomic E-state index is 13.4. The lowest BCUT2D eigenvalue weighted by Gasteiger charge is -2.25. The fourth-order valence-electron chi connectivity index (χ4n) is 4.56. The van der Waals surface area contributed by atoms with Gasteiger partial charge in [0.05, 0.1) is 24.2 Å². The largest absolute Gasteiger partial charge is 0.388 e. The molecule has 4 atom stereocenters. The topological polar surface area (TPSA) is 190 Å². The summed E-state index contributed by atoms with van der Waals surface area (Å²) in [5, 5.41) is 49.1. The Morgan fingerprint density at radius 3 is 2.67 bits per heavy atom. The Kier molecular flexibility index (Phi) is 9.35. The van der Waals surface area contributed by atoms with Crippen LogP contribution in [0.4, 0.5) is 0 Å². The van der Waals surface area contributed by atoms with Crippen molar-refractivity contribution in [3.8, 4) is 11.5 Å². The predicted octanol–water partition coefficient (Wildman–Crippen LogP) is -1.44. The molecule has 0 radical (unpaired) electrons. The number of aliphatic hydroxyl groups is 3. The van der Waals surface area contributed by atoms with Crippen LogP contribution in [0.2, 0.25) is 0 Å². The van der Waals surface area contributed by atoms with Gasteiger partial charge < -0.3 is 35.3 Å². The van der Waals surface area contributed by atoms with Gasteiger partial charge in [-0.1, -0.05) is 6.42 Å². The first-order valence-corrected chi connectivity index (χ1v) is 13.0. The number of hydrogen-bond donors (Lipinski definition) is 5. The third-order valence-corrected chi connectivity index (χ3v) is 7.03. The van der Waals surface area contributed by atoms with Crippen LogP contribution in [0.5, 0.6) is 0 Å². The van der Waals surface area contributed by atoms with E-state index in [4.69, 9.17) is 4.74 Å². The van der Waals surface area contributed by atoms with Crippen molar-refractivity contribution in [2.75, 3.05) is 26.3 Å². The van der Waals surface area contributed by atoms with Crippen LogP contribution in [-0.4, -0.2) is 102 Å². The van der Waals surface area contributed by atoms with Crippen LogP contribution < -0.4 is 16.2 Å². The number of ether oxygens (including phenoxy) is 1. The lowest BCUT2D eigenvalue weighted by molar-refractivity contribution is -0.130. The smallest absolute Gasteiger partial charge is 0.281 e. The lowest BCUT2D eigenvalue weighted by Crippen LogP contribution is -2.45. The van der Waals surface area contributed by atoms with E-state index in [1.165, 1.54) is 9.25 Å². The highest BCUT2D eigenvalue weighted by molar-refractivity contribution is 5.79. The number of hydrogen-bond acceptors (Lipinski definition) is 11. The summed E-state index contributed by atoms with van der Waals surface area (Å²) in [7, 11) is 1.58. The monoisotopic (exact) mass is 544 g/mol. The highest BCUT2D eigenvalue weighted by Gasteiger charge is 2.28. The molecule has 0 bridgehead atoms. The third-order valence-electron chi connectivity index (χ3n) is 7.03. The van der Waals surface area contributed by atoms with Crippen LogP contribution in [0, 0.1) is 13.8 Å². The minimum Gasteiger partial charge on any atom is -0.388 e. The first-order chi connectivity index (χ1) is 18.7. The highest BCUT2D eigenvalue weighted by atomic mass is 16.5. The first-order valence-electron chi connectivity index (χ1n) is 13.0. The van der Waals surface area contributed by atoms with Gasteiger partial charge in [0.1, 0.15) is 24.9 Å². The van der Waals surface area contributed by atoms with Crippen LogP contribution in [-0.2, 0) is 23.1 Å². The molecular formula is C25H36N8O6. The third kappa shape index (κ3) is 6.83. The van der Waals surface area contributed by atoms with E-state index < -0.39 is 23.9 Å². The van der Waals surface area contributed by atoms with E-state index >= 15 is 0 Å². The second-order valence-corrected chi connectivity index (χ2v) is 10.0. The number of nitrogens with one attached hydrogen (secondary N) is 2. The molecule has 0 aliphatic carbocycles. The van der Waals surface area contributed by atoms with Gasteiger partial charge in [0, 0.05) is 19.6 Å². The number of carbonyl (C=O) groups is 1. The van der Waals surface area contributed by atoms with Crippen molar-refractivity contribution in [2.24, 2.45) is 7.05 Å². The molecule has 14 nitrogen and oxygen atoms in total. The molecule has 0 saturated carbocycles. The molecular weight excluding hydrogens is 508 g/mol. The summed E-state index contributed by atoms with van der Waals surface area (Å²) in [6, 6.07) is 3.82. The van der Waals surface area contributed by atoms with Gasteiger partial charge in [-0.25, -0.2) is 9.67 Å². The summed E-state index contributed by atoms with van der Waals surface area (Å²) >= 11 is 0. The quantitative estimate of drug-likeness (QED) is 0.190. The number of fused-ring (bicyclic) bond motifs is 1. The summed E-state index contributed by atoms with van der Waals surface area (Å²) in [5.41, 5.74) is 2.21. The molecule has 1 aliphatic rings. The molecule has 0 spiro atoms. The highest BCUT2D eigenvalue weighted by Crippen LogP contribution is 2.20. The molecule has 1 fully saturated rings. The number of rotatable bonds is 11. The number of amides is 1. The Morgan fingerprint density at radius 2 is 1.97 bits per heavy atom. The van der Waals surface area contributed by atoms with Crippen LogP contribution in [0.1, 0.15) is 30.4 Å². The van der Waals surface area contributed by atoms with Crippen molar-refractivity contribution in [3.05, 3.63) is 33.6 Å². The van der Waals surface area contributed by atoms with E-state index in [1.54, 1.807) is 13.1 Å². The van der Waals surface area contributed by atoms with Gasteiger partial charge in [0.15, 0.2) is 5.69 Å². The summed E-state index contributed by atoms with van der Waals surface area (Å²) in [6.07, 6.45) is -1.44. The van der Waals surface area contributed by atoms with Gasteiger partial charge in [0.2, 0.25) is 11.7 Å². The lowest BCUT2D eigenvalue weighted by atomic mass is 10.1. The molecule has 39 heavy (non-hydrogen) atoms. The second-order valence-electron chi connectivity index (χ2n) is 10.0. The summed E-state index contributed by atoms with van der Waals surface area (Å²) in [6.45, 7) is 4.21. The Morgan fingerprint density at radius 1 is 1.21 bits per heavy atom. The fourth-order valence-corrected chi connectivity index (χ4v) is 4.56. The van der Waals surface area contributed by atoms with Crippen LogP contribution >= 0.6 is 0 Å². The van der Waals surface area contributed by atoms with Gasteiger partial charge in [-0.05, 0) is 66.9 Å². The SMILES string of the molecule is Cc1cc2nc(-c3nnnn3C)c(=O)n(C[C@H](O)[C@H](O)[C@H](O)COCC(=O)NCC3CCCCN3)c2cc1C. The van der Waals surface area contributed by atoms with E-state index in [9.17, 15) is 24.9 Å². The molecule has 14 heteroatoms. The number of benzene rings is 1. The van der Waals surface area contributed by atoms with Gasteiger partial charge in [-0.15, -0.1) is 5.10 Å².